The molecule has 0 fully saturated rings. The molecule has 0 spiro atoms. The van der Waals surface area contributed by atoms with Crippen molar-refractivity contribution < 1.29 is 19.4 Å². The average Bonchev–Trinajstić information content (AvgIpc) is 2.00. The van der Waals surface area contributed by atoms with Crippen LogP contribution in [0.5, 0.6) is 0 Å². The van der Waals surface area contributed by atoms with Crippen molar-refractivity contribution in [3.8, 4) is 0 Å². The number of carboxylic acids is 1. The second-order valence-electron chi connectivity index (χ2n) is 4.08. The molecule has 4 heteroatoms. The number of esters is 1. The molecular formula is C10H16O4. The van der Waals surface area contributed by atoms with Gasteiger partial charge >= 0.3 is 11.9 Å². The first-order chi connectivity index (χ1) is 6.13. The standard InChI is InChI=1S/C10H16O4/c1-9(2,7(11)12)6-10(3,4)8(13)14-5/h6H,1H2,2-5H3,(H,11,12). The minimum absolute atomic E-state index is 0.478. The summed E-state index contributed by atoms with van der Waals surface area (Å²) in [6, 6.07) is 0. The average molecular weight is 200 g/mol. The summed E-state index contributed by atoms with van der Waals surface area (Å²) in [5.41, 5.74) is -2.25. The second-order valence-corrected chi connectivity index (χ2v) is 4.08. The molecule has 14 heavy (non-hydrogen) atoms. The van der Waals surface area contributed by atoms with Gasteiger partial charge < -0.3 is 9.84 Å². The Morgan fingerprint density at radius 1 is 1.36 bits per heavy atom. The summed E-state index contributed by atoms with van der Waals surface area (Å²) in [4.78, 5) is 22.0. The normalized spacial score (nSPS) is 12.4. The van der Waals surface area contributed by atoms with Crippen molar-refractivity contribution in [3.63, 3.8) is 0 Å². The van der Waals surface area contributed by atoms with Gasteiger partial charge in [0.25, 0.3) is 0 Å². The molecule has 0 aromatic rings. The Labute approximate surface area is 84.3 Å². The zero-order valence-electron chi connectivity index (χ0n) is 8.96. The maximum atomic E-state index is 11.3. The van der Waals surface area contributed by atoms with Gasteiger partial charge in [0.05, 0.1) is 17.9 Å². The number of carbonyl (C=O) groups is 2. The molecule has 0 amide bonds. The smallest absolute Gasteiger partial charge is 0.311 e. The van der Waals surface area contributed by atoms with Gasteiger partial charge in [0, 0.05) is 0 Å². The largest absolute Gasteiger partial charge is 0.481 e. The van der Waals surface area contributed by atoms with Gasteiger partial charge in [-0.3, -0.25) is 9.59 Å². The van der Waals surface area contributed by atoms with E-state index >= 15 is 0 Å². The van der Waals surface area contributed by atoms with Crippen molar-refractivity contribution in [1.29, 1.82) is 0 Å². The lowest BCUT2D eigenvalue weighted by atomic mass is 9.75. The maximum Gasteiger partial charge on any atom is 0.311 e. The lowest BCUT2D eigenvalue weighted by Crippen LogP contribution is -2.36. The molecule has 0 saturated heterocycles. The molecule has 0 heterocycles. The van der Waals surface area contributed by atoms with Gasteiger partial charge in [-0.1, -0.05) is 0 Å². The Kier molecular flexibility index (Phi) is 3.68. The summed E-state index contributed by atoms with van der Waals surface area (Å²) in [6.07, 6.45) is 1.37. The lowest BCUT2D eigenvalue weighted by Gasteiger charge is -2.28. The van der Waals surface area contributed by atoms with Gasteiger partial charge in [-0.2, -0.15) is 0 Å². The Hall–Kier alpha value is -1.06. The van der Waals surface area contributed by atoms with E-state index in [0.29, 0.717) is 0 Å². The summed E-state index contributed by atoms with van der Waals surface area (Å²) in [5.74, 6) is -1.55. The third-order valence-corrected chi connectivity index (χ3v) is 1.88. The molecular weight excluding hydrogens is 184 g/mol. The van der Waals surface area contributed by atoms with E-state index in [1.54, 1.807) is 13.8 Å². The van der Waals surface area contributed by atoms with Crippen molar-refractivity contribution in [1.82, 2.24) is 0 Å². The predicted molar refractivity (Wildman–Crippen MR) is 51.2 cm³/mol. The van der Waals surface area contributed by atoms with E-state index < -0.39 is 22.8 Å². The molecule has 0 aromatic carbocycles. The summed E-state index contributed by atoms with van der Waals surface area (Å²) in [7, 11) is 1.26. The van der Waals surface area contributed by atoms with Crippen LogP contribution in [0, 0.1) is 24.2 Å². The summed E-state index contributed by atoms with van der Waals surface area (Å²) in [5, 5.41) is 8.81. The van der Waals surface area contributed by atoms with Crippen molar-refractivity contribution >= 4 is 11.9 Å². The fourth-order valence-corrected chi connectivity index (χ4v) is 1.18. The monoisotopic (exact) mass is 200 g/mol. The summed E-state index contributed by atoms with van der Waals surface area (Å²) >= 11 is 0. The van der Waals surface area contributed by atoms with Crippen molar-refractivity contribution in [2.75, 3.05) is 7.11 Å². The highest BCUT2D eigenvalue weighted by Crippen LogP contribution is 2.33. The summed E-state index contributed by atoms with van der Waals surface area (Å²) < 4.78 is 4.55. The maximum absolute atomic E-state index is 11.3. The van der Waals surface area contributed by atoms with Crippen LogP contribution >= 0.6 is 0 Å². The number of hydrogen-bond donors (Lipinski definition) is 1. The van der Waals surface area contributed by atoms with Gasteiger partial charge in [0.1, 0.15) is 0 Å². The predicted octanol–water partition coefficient (Wildman–Crippen LogP) is 1.31. The first kappa shape index (κ1) is 12.9. The SMILES string of the molecule is [CH2]C(C)([CH]C(C)(C)C(=O)OC)C(=O)O. The van der Waals surface area contributed by atoms with Crippen molar-refractivity contribution in [2.45, 2.75) is 20.8 Å². The first-order valence-electron chi connectivity index (χ1n) is 4.18. The topological polar surface area (TPSA) is 63.6 Å². The molecule has 1 unspecified atom stereocenters. The number of aliphatic carboxylic acids is 1. The van der Waals surface area contributed by atoms with Crippen LogP contribution in [0.4, 0.5) is 0 Å². The zero-order chi connectivity index (χ0) is 11.6. The fourth-order valence-electron chi connectivity index (χ4n) is 1.18. The van der Waals surface area contributed by atoms with Crippen LogP contribution in [-0.4, -0.2) is 24.2 Å². The highest BCUT2D eigenvalue weighted by molar-refractivity contribution is 5.82. The van der Waals surface area contributed by atoms with E-state index in [9.17, 15) is 9.59 Å². The first-order valence-corrected chi connectivity index (χ1v) is 4.18. The molecule has 0 rings (SSSR count). The minimum Gasteiger partial charge on any atom is -0.481 e. The molecule has 0 aliphatic rings. The van der Waals surface area contributed by atoms with Gasteiger partial charge in [-0.05, 0) is 34.1 Å². The number of carboxylic acid groups (broad SMARTS) is 1. The third kappa shape index (κ3) is 3.01. The Morgan fingerprint density at radius 3 is 2.07 bits per heavy atom. The van der Waals surface area contributed by atoms with Gasteiger partial charge in [0.15, 0.2) is 0 Å². The van der Waals surface area contributed by atoms with Gasteiger partial charge in [-0.15, -0.1) is 0 Å². The van der Waals surface area contributed by atoms with E-state index in [4.69, 9.17) is 5.11 Å². The molecule has 0 aliphatic heterocycles. The quantitative estimate of drug-likeness (QED) is 0.695. The van der Waals surface area contributed by atoms with Crippen LogP contribution < -0.4 is 0 Å². The number of ether oxygens (including phenoxy) is 1. The Balaban J connectivity index is 4.66. The number of hydrogen-bond acceptors (Lipinski definition) is 3. The molecule has 0 aliphatic carbocycles. The minimum atomic E-state index is -1.29. The van der Waals surface area contributed by atoms with Crippen molar-refractivity contribution in [2.24, 2.45) is 10.8 Å². The molecule has 1 atom stereocenters. The number of methoxy groups -OCH3 is 1. The van der Waals surface area contributed by atoms with Crippen LogP contribution in [0.2, 0.25) is 0 Å². The zero-order valence-corrected chi connectivity index (χ0v) is 8.96. The fraction of sp³-hybridized carbons (Fsp3) is 0.600. The molecule has 80 valence electrons. The molecule has 4 nitrogen and oxygen atoms in total. The summed E-state index contributed by atoms with van der Waals surface area (Å²) in [6.45, 7) is 8.12. The Morgan fingerprint density at radius 2 is 1.79 bits per heavy atom. The lowest BCUT2D eigenvalue weighted by molar-refractivity contribution is -0.151. The highest BCUT2D eigenvalue weighted by atomic mass is 16.5. The van der Waals surface area contributed by atoms with E-state index in [2.05, 4.69) is 11.7 Å². The molecule has 2 radical (unpaired) electrons. The van der Waals surface area contributed by atoms with Crippen LogP contribution in [0.1, 0.15) is 20.8 Å². The van der Waals surface area contributed by atoms with Crippen LogP contribution in [0.25, 0.3) is 0 Å². The third-order valence-electron chi connectivity index (χ3n) is 1.88. The molecule has 1 N–H and O–H groups in total. The molecule has 0 saturated carbocycles. The Bertz CT molecular complexity index is 241. The molecule has 0 bridgehead atoms. The highest BCUT2D eigenvalue weighted by Gasteiger charge is 2.40. The van der Waals surface area contributed by atoms with E-state index in [-0.39, 0.29) is 0 Å². The molecule has 0 aromatic heterocycles. The van der Waals surface area contributed by atoms with Crippen molar-refractivity contribution in [3.05, 3.63) is 13.3 Å². The van der Waals surface area contributed by atoms with Crippen LogP contribution in [0.15, 0.2) is 0 Å². The van der Waals surface area contributed by atoms with Gasteiger partial charge in [-0.25, -0.2) is 0 Å². The number of rotatable bonds is 4. The van der Waals surface area contributed by atoms with Gasteiger partial charge in [0.2, 0.25) is 0 Å². The van der Waals surface area contributed by atoms with Crippen LogP contribution in [-0.2, 0) is 14.3 Å². The van der Waals surface area contributed by atoms with Crippen LogP contribution in [0.3, 0.4) is 0 Å². The number of carbonyl (C=O) groups excluding carboxylic acids is 1. The van der Waals surface area contributed by atoms with E-state index in [1.165, 1.54) is 20.5 Å². The van der Waals surface area contributed by atoms with E-state index in [1.807, 2.05) is 0 Å². The van der Waals surface area contributed by atoms with E-state index in [0.717, 1.165) is 0 Å². The second kappa shape index (κ2) is 3.98.